The van der Waals surface area contributed by atoms with Gasteiger partial charge in [0.25, 0.3) is 0 Å². The first-order valence-electron chi connectivity index (χ1n) is 8.67. The molecule has 3 aromatic rings. The summed E-state index contributed by atoms with van der Waals surface area (Å²) < 4.78 is 7.18. The number of benzene rings is 1. The van der Waals surface area contributed by atoms with E-state index in [1.807, 2.05) is 6.92 Å². The number of hydrogen-bond donors (Lipinski definition) is 0. The molecule has 0 aliphatic rings. The maximum absolute atomic E-state index is 5.07. The quantitative estimate of drug-likeness (QED) is 0.706. The van der Waals surface area contributed by atoms with Crippen molar-refractivity contribution in [1.82, 2.24) is 19.7 Å². The van der Waals surface area contributed by atoms with E-state index in [2.05, 4.69) is 79.9 Å². The average molecular weight is 338 g/mol. The van der Waals surface area contributed by atoms with Gasteiger partial charge in [0.1, 0.15) is 5.82 Å². The van der Waals surface area contributed by atoms with Gasteiger partial charge >= 0.3 is 0 Å². The average Bonchev–Trinajstić information content (AvgIpc) is 3.14. The molecule has 0 saturated carbocycles. The highest BCUT2D eigenvalue weighted by Crippen LogP contribution is 2.26. The molecule has 0 unspecified atom stereocenters. The summed E-state index contributed by atoms with van der Waals surface area (Å²) in [6, 6.07) is 8.59. The minimum Gasteiger partial charge on any atom is -0.340 e. The summed E-state index contributed by atoms with van der Waals surface area (Å²) in [6.45, 7) is 10.5. The van der Waals surface area contributed by atoms with Gasteiger partial charge in [-0.1, -0.05) is 57.1 Å². The Labute approximate surface area is 149 Å². The fourth-order valence-corrected chi connectivity index (χ4v) is 3.07. The molecule has 0 aliphatic carbocycles. The third-order valence-corrected chi connectivity index (χ3v) is 4.32. The topological polar surface area (TPSA) is 56.7 Å². The Kier molecular flexibility index (Phi) is 4.50. The lowest BCUT2D eigenvalue weighted by Gasteiger charge is -2.17. The van der Waals surface area contributed by atoms with Crippen molar-refractivity contribution in [3.05, 3.63) is 53.6 Å². The fourth-order valence-electron chi connectivity index (χ4n) is 3.07. The van der Waals surface area contributed by atoms with Crippen molar-refractivity contribution in [2.75, 3.05) is 0 Å². The van der Waals surface area contributed by atoms with Crippen LogP contribution in [0.15, 0.2) is 35.0 Å². The second kappa shape index (κ2) is 6.47. The van der Waals surface area contributed by atoms with E-state index in [0.29, 0.717) is 5.89 Å². The van der Waals surface area contributed by atoms with E-state index in [1.54, 1.807) is 0 Å². The smallest absolute Gasteiger partial charge is 0.223 e. The molecule has 3 rings (SSSR count). The number of aryl methyl sites for hydroxylation is 2. The second-order valence-corrected chi connectivity index (χ2v) is 7.78. The third-order valence-electron chi connectivity index (χ3n) is 4.32. The van der Waals surface area contributed by atoms with E-state index in [9.17, 15) is 0 Å². The maximum atomic E-state index is 5.07. The van der Waals surface area contributed by atoms with Crippen LogP contribution in [0.2, 0.25) is 0 Å². The molecular formula is C20H26N4O. The molecule has 0 fully saturated rings. The Bertz CT molecular complexity index is 853. The van der Waals surface area contributed by atoms with Crippen LogP contribution in [-0.4, -0.2) is 19.7 Å². The fraction of sp³-hybridized carbons (Fsp3) is 0.450. The lowest BCUT2D eigenvalue weighted by atomic mass is 9.96. The standard InChI is InChI=1S/C20H26N4O/c1-13(18-21-14(2)25-23-18)11-15-7-9-16(10-8-15)17-12-24(6)19(22-17)20(3,4)5/h7-10,12-13H,11H2,1-6H3/t13-/m0/s1. The summed E-state index contributed by atoms with van der Waals surface area (Å²) in [7, 11) is 2.06. The monoisotopic (exact) mass is 338 g/mol. The Balaban J connectivity index is 1.76. The molecule has 0 saturated heterocycles. The molecule has 1 aromatic carbocycles. The van der Waals surface area contributed by atoms with Gasteiger partial charge in [-0.2, -0.15) is 4.98 Å². The van der Waals surface area contributed by atoms with E-state index in [-0.39, 0.29) is 11.3 Å². The molecule has 132 valence electrons. The second-order valence-electron chi connectivity index (χ2n) is 7.78. The molecule has 5 heteroatoms. The van der Waals surface area contributed by atoms with Crippen LogP contribution in [0.1, 0.15) is 56.7 Å². The van der Waals surface area contributed by atoms with Crippen molar-refractivity contribution in [1.29, 1.82) is 0 Å². The van der Waals surface area contributed by atoms with Gasteiger partial charge < -0.3 is 9.09 Å². The molecular weight excluding hydrogens is 312 g/mol. The van der Waals surface area contributed by atoms with Crippen LogP contribution in [0.4, 0.5) is 0 Å². The predicted molar refractivity (Wildman–Crippen MR) is 98.5 cm³/mol. The molecule has 2 heterocycles. The molecule has 2 aromatic heterocycles. The van der Waals surface area contributed by atoms with E-state index in [4.69, 9.17) is 9.51 Å². The Hall–Kier alpha value is -2.43. The molecule has 0 aliphatic heterocycles. The minimum absolute atomic E-state index is 0.0328. The van der Waals surface area contributed by atoms with Crippen molar-refractivity contribution < 1.29 is 4.52 Å². The van der Waals surface area contributed by atoms with Gasteiger partial charge in [-0.05, 0) is 12.0 Å². The summed E-state index contributed by atoms with van der Waals surface area (Å²) in [5.74, 6) is 2.70. The number of rotatable bonds is 4. The zero-order valence-corrected chi connectivity index (χ0v) is 15.9. The Morgan fingerprint density at radius 3 is 2.32 bits per heavy atom. The van der Waals surface area contributed by atoms with Gasteiger partial charge in [-0.25, -0.2) is 4.98 Å². The lowest BCUT2D eigenvalue weighted by molar-refractivity contribution is 0.384. The van der Waals surface area contributed by atoms with Gasteiger partial charge in [0, 0.05) is 37.1 Å². The molecule has 0 N–H and O–H groups in total. The summed E-state index contributed by atoms with van der Waals surface area (Å²) in [5.41, 5.74) is 3.44. The van der Waals surface area contributed by atoms with Crippen LogP contribution in [0.25, 0.3) is 11.3 Å². The molecule has 5 nitrogen and oxygen atoms in total. The zero-order valence-electron chi connectivity index (χ0n) is 15.9. The largest absolute Gasteiger partial charge is 0.340 e. The first-order chi connectivity index (χ1) is 11.7. The molecule has 25 heavy (non-hydrogen) atoms. The molecule has 0 bridgehead atoms. The van der Waals surface area contributed by atoms with Crippen molar-refractivity contribution in [2.24, 2.45) is 7.05 Å². The first kappa shape index (κ1) is 17.4. The van der Waals surface area contributed by atoms with E-state index in [0.717, 1.165) is 29.3 Å². The van der Waals surface area contributed by atoms with Crippen molar-refractivity contribution in [3.63, 3.8) is 0 Å². The highest BCUT2D eigenvalue weighted by molar-refractivity contribution is 5.59. The Morgan fingerprint density at radius 2 is 1.80 bits per heavy atom. The first-order valence-corrected chi connectivity index (χ1v) is 8.67. The van der Waals surface area contributed by atoms with Gasteiger partial charge in [0.2, 0.25) is 5.89 Å². The van der Waals surface area contributed by atoms with Crippen molar-refractivity contribution in [3.8, 4) is 11.3 Å². The molecule has 0 spiro atoms. The maximum Gasteiger partial charge on any atom is 0.223 e. The normalized spacial score (nSPS) is 13.2. The number of hydrogen-bond acceptors (Lipinski definition) is 4. The summed E-state index contributed by atoms with van der Waals surface area (Å²) in [5, 5.41) is 4.01. The number of imidazole rings is 1. The molecule has 1 atom stereocenters. The van der Waals surface area contributed by atoms with Gasteiger partial charge in [-0.3, -0.25) is 0 Å². The van der Waals surface area contributed by atoms with E-state index in [1.165, 1.54) is 5.56 Å². The van der Waals surface area contributed by atoms with Crippen LogP contribution in [0.5, 0.6) is 0 Å². The summed E-state index contributed by atoms with van der Waals surface area (Å²) in [4.78, 5) is 9.14. The van der Waals surface area contributed by atoms with Gasteiger partial charge in [0.05, 0.1) is 5.69 Å². The van der Waals surface area contributed by atoms with Gasteiger partial charge in [0.15, 0.2) is 5.82 Å². The Morgan fingerprint density at radius 1 is 1.12 bits per heavy atom. The molecule has 0 amide bonds. The highest BCUT2D eigenvalue weighted by Gasteiger charge is 2.20. The van der Waals surface area contributed by atoms with Crippen LogP contribution < -0.4 is 0 Å². The van der Waals surface area contributed by atoms with Crippen LogP contribution in [0, 0.1) is 6.92 Å². The third kappa shape index (κ3) is 3.81. The van der Waals surface area contributed by atoms with E-state index >= 15 is 0 Å². The molecule has 0 radical (unpaired) electrons. The SMILES string of the molecule is Cc1nc([C@@H](C)Cc2ccc(-c3cn(C)c(C(C)(C)C)n3)cc2)no1. The summed E-state index contributed by atoms with van der Waals surface area (Å²) >= 11 is 0. The predicted octanol–water partition coefficient (Wildman–Crippen LogP) is 4.42. The van der Waals surface area contributed by atoms with Crippen LogP contribution in [0.3, 0.4) is 0 Å². The van der Waals surface area contributed by atoms with E-state index < -0.39 is 0 Å². The highest BCUT2D eigenvalue weighted by atomic mass is 16.5. The van der Waals surface area contributed by atoms with Crippen molar-refractivity contribution in [2.45, 2.75) is 52.4 Å². The van der Waals surface area contributed by atoms with Crippen LogP contribution >= 0.6 is 0 Å². The van der Waals surface area contributed by atoms with Crippen LogP contribution in [-0.2, 0) is 18.9 Å². The zero-order chi connectivity index (χ0) is 18.2. The summed E-state index contributed by atoms with van der Waals surface area (Å²) in [6.07, 6.45) is 2.98. The van der Waals surface area contributed by atoms with Crippen molar-refractivity contribution >= 4 is 0 Å². The number of nitrogens with zero attached hydrogens (tertiary/aromatic N) is 4. The lowest BCUT2D eigenvalue weighted by Crippen LogP contribution is -2.17. The van der Waals surface area contributed by atoms with Gasteiger partial charge in [-0.15, -0.1) is 0 Å². The number of aromatic nitrogens is 4. The minimum atomic E-state index is 0.0328.